The molecule has 0 spiro atoms. The van der Waals surface area contributed by atoms with E-state index in [9.17, 15) is 9.59 Å². The highest BCUT2D eigenvalue weighted by atomic mass is 35.5. The summed E-state index contributed by atoms with van der Waals surface area (Å²) in [5.74, 6) is 0.0923. The summed E-state index contributed by atoms with van der Waals surface area (Å²) in [7, 11) is 1.35. The maximum Gasteiger partial charge on any atom is 0.337 e. The molecule has 0 radical (unpaired) electrons. The molecule has 1 amide bonds. The number of piperidine rings is 1. The van der Waals surface area contributed by atoms with Crippen molar-refractivity contribution in [3.63, 3.8) is 0 Å². The van der Waals surface area contributed by atoms with Gasteiger partial charge in [0, 0.05) is 24.2 Å². The minimum Gasteiger partial charge on any atom is -0.465 e. The van der Waals surface area contributed by atoms with Crippen LogP contribution < -0.4 is 10.6 Å². The van der Waals surface area contributed by atoms with Gasteiger partial charge in [-0.2, -0.15) is 0 Å². The maximum atomic E-state index is 12.4. The normalized spacial score (nSPS) is 24.8. The first-order valence-corrected chi connectivity index (χ1v) is 8.30. The van der Waals surface area contributed by atoms with Crippen LogP contribution in [0.25, 0.3) is 0 Å². The molecular formula is C18H25ClN2O3. The van der Waals surface area contributed by atoms with Gasteiger partial charge in [-0.05, 0) is 56.2 Å². The van der Waals surface area contributed by atoms with Crippen LogP contribution in [0.15, 0.2) is 18.2 Å². The van der Waals surface area contributed by atoms with Gasteiger partial charge >= 0.3 is 5.97 Å². The third-order valence-corrected chi connectivity index (χ3v) is 4.98. The van der Waals surface area contributed by atoms with Crippen LogP contribution >= 0.6 is 12.4 Å². The first-order valence-electron chi connectivity index (χ1n) is 8.30. The summed E-state index contributed by atoms with van der Waals surface area (Å²) in [6, 6.07) is 6.41. The molecule has 0 aromatic heterocycles. The van der Waals surface area contributed by atoms with Gasteiger partial charge in [0.2, 0.25) is 5.91 Å². The third-order valence-electron chi connectivity index (χ3n) is 4.98. The van der Waals surface area contributed by atoms with E-state index in [2.05, 4.69) is 10.6 Å². The maximum absolute atomic E-state index is 12.4. The van der Waals surface area contributed by atoms with E-state index in [4.69, 9.17) is 4.74 Å². The molecule has 1 aromatic carbocycles. The minimum atomic E-state index is -0.393. The number of hydrogen-bond donors (Lipinski definition) is 2. The second-order valence-corrected chi connectivity index (χ2v) is 6.75. The topological polar surface area (TPSA) is 67.4 Å². The number of benzene rings is 1. The number of esters is 1. The summed E-state index contributed by atoms with van der Waals surface area (Å²) >= 11 is 0. The number of fused-ring (bicyclic) bond motifs is 2. The Morgan fingerprint density at radius 2 is 1.92 bits per heavy atom. The largest absolute Gasteiger partial charge is 0.465 e. The second-order valence-electron chi connectivity index (χ2n) is 6.75. The van der Waals surface area contributed by atoms with Crippen LogP contribution in [0.1, 0.15) is 48.0 Å². The summed E-state index contributed by atoms with van der Waals surface area (Å²) in [5, 5.41) is 6.56. The highest BCUT2D eigenvalue weighted by Gasteiger charge is 2.34. The quantitative estimate of drug-likeness (QED) is 0.817. The zero-order chi connectivity index (χ0) is 16.4. The molecule has 6 heteroatoms. The molecule has 2 unspecified atom stereocenters. The van der Waals surface area contributed by atoms with E-state index in [1.54, 1.807) is 12.1 Å². The Labute approximate surface area is 148 Å². The summed E-state index contributed by atoms with van der Waals surface area (Å²) in [6.45, 7) is 1.92. The Morgan fingerprint density at radius 1 is 1.25 bits per heavy atom. The molecule has 2 fully saturated rings. The van der Waals surface area contributed by atoms with Crippen molar-refractivity contribution in [2.75, 3.05) is 12.4 Å². The summed E-state index contributed by atoms with van der Waals surface area (Å²) < 4.78 is 4.73. The molecule has 2 heterocycles. The Morgan fingerprint density at radius 3 is 2.54 bits per heavy atom. The van der Waals surface area contributed by atoms with E-state index >= 15 is 0 Å². The number of amides is 1. The Kier molecular flexibility index (Phi) is 6.24. The second kappa shape index (κ2) is 7.99. The number of hydrogen-bond acceptors (Lipinski definition) is 4. The van der Waals surface area contributed by atoms with Crippen molar-refractivity contribution in [3.05, 3.63) is 29.3 Å². The van der Waals surface area contributed by atoms with Crippen molar-refractivity contribution >= 4 is 30.0 Å². The fraction of sp³-hybridized carbons (Fsp3) is 0.556. The number of halogens is 1. The highest BCUT2D eigenvalue weighted by Crippen LogP contribution is 2.33. The predicted octanol–water partition coefficient (Wildman–Crippen LogP) is 3.06. The van der Waals surface area contributed by atoms with E-state index < -0.39 is 5.97 Å². The SMILES string of the molecule is COC(=O)c1ccc(C)c(NC(=O)CC2CC3CCC(C2)N3)c1.Cl. The van der Waals surface area contributed by atoms with Gasteiger partial charge in [-0.15, -0.1) is 12.4 Å². The first-order chi connectivity index (χ1) is 11.0. The van der Waals surface area contributed by atoms with Crippen LogP contribution in [0.5, 0.6) is 0 Å². The van der Waals surface area contributed by atoms with Crippen LogP contribution in [-0.4, -0.2) is 31.1 Å². The summed E-state index contributed by atoms with van der Waals surface area (Å²) in [4.78, 5) is 24.0. The lowest BCUT2D eigenvalue weighted by atomic mass is 9.89. The number of methoxy groups -OCH3 is 1. The number of aryl methyl sites for hydroxylation is 1. The lowest BCUT2D eigenvalue weighted by Crippen LogP contribution is -2.39. The van der Waals surface area contributed by atoms with Gasteiger partial charge in [0.1, 0.15) is 0 Å². The number of rotatable bonds is 4. The predicted molar refractivity (Wildman–Crippen MR) is 95.7 cm³/mol. The average Bonchev–Trinajstić information content (AvgIpc) is 2.87. The minimum absolute atomic E-state index is 0. The number of nitrogens with one attached hydrogen (secondary N) is 2. The molecule has 3 rings (SSSR count). The van der Waals surface area contributed by atoms with Crippen molar-refractivity contribution in [2.24, 2.45) is 5.92 Å². The van der Waals surface area contributed by atoms with E-state index in [1.165, 1.54) is 20.0 Å². The van der Waals surface area contributed by atoms with Crippen LogP contribution in [0, 0.1) is 12.8 Å². The summed E-state index contributed by atoms with van der Waals surface area (Å²) in [6.07, 6.45) is 5.21. The molecule has 2 saturated heterocycles. The van der Waals surface area contributed by atoms with Crippen LogP contribution in [0.3, 0.4) is 0 Å². The first kappa shape index (κ1) is 18.7. The average molecular weight is 353 g/mol. The van der Waals surface area contributed by atoms with Gasteiger partial charge < -0.3 is 15.4 Å². The molecule has 132 valence electrons. The molecule has 2 aliphatic rings. The van der Waals surface area contributed by atoms with Crippen molar-refractivity contribution in [2.45, 2.75) is 51.1 Å². The van der Waals surface area contributed by atoms with Crippen molar-refractivity contribution in [3.8, 4) is 0 Å². The monoisotopic (exact) mass is 352 g/mol. The molecule has 24 heavy (non-hydrogen) atoms. The zero-order valence-corrected chi connectivity index (χ0v) is 14.9. The fourth-order valence-electron chi connectivity index (χ4n) is 3.81. The number of carbonyl (C=O) groups is 2. The standard InChI is InChI=1S/C18H24N2O3.ClH/c1-11-3-4-13(18(22)23-2)10-16(11)20-17(21)9-12-7-14-5-6-15(8-12)19-14;/h3-4,10,12,14-15,19H,5-9H2,1-2H3,(H,20,21);1H. The molecule has 5 nitrogen and oxygen atoms in total. The Hall–Kier alpha value is -1.59. The molecule has 0 saturated carbocycles. The van der Waals surface area contributed by atoms with Gasteiger partial charge in [-0.3, -0.25) is 4.79 Å². The van der Waals surface area contributed by atoms with Crippen molar-refractivity contribution in [1.29, 1.82) is 0 Å². The van der Waals surface area contributed by atoms with Gasteiger partial charge in [0.25, 0.3) is 0 Å². The van der Waals surface area contributed by atoms with Crippen LogP contribution in [0.2, 0.25) is 0 Å². The molecule has 0 aliphatic carbocycles. The van der Waals surface area contributed by atoms with Gasteiger partial charge in [0.15, 0.2) is 0 Å². The molecule has 1 aromatic rings. The summed E-state index contributed by atoms with van der Waals surface area (Å²) in [5.41, 5.74) is 2.08. The number of anilines is 1. The van der Waals surface area contributed by atoms with Crippen molar-refractivity contribution < 1.29 is 14.3 Å². The van der Waals surface area contributed by atoms with E-state index in [1.807, 2.05) is 13.0 Å². The number of ether oxygens (including phenoxy) is 1. The van der Waals surface area contributed by atoms with E-state index in [0.717, 1.165) is 18.4 Å². The molecular weight excluding hydrogens is 328 g/mol. The molecule has 2 atom stereocenters. The van der Waals surface area contributed by atoms with Gasteiger partial charge in [-0.25, -0.2) is 4.79 Å². The molecule has 2 N–H and O–H groups in total. The smallest absolute Gasteiger partial charge is 0.337 e. The Balaban J connectivity index is 0.00000208. The van der Waals surface area contributed by atoms with Crippen LogP contribution in [0.4, 0.5) is 5.69 Å². The van der Waals surface area contributed by atoms with Crippen LogP contribution in [-0.2, 0) is 9.53 Å². The highest BCUT2D eigenvalue weighted by molar-refractivity contribution is 5.95. The molecule has 2 aliphatic heterocycles. The third kappa shape index (κ3) is 4.28. The van der Waals surface area contributed by atoms with Gasteiger partial charge in [-0.1, -0.05) is 6.07 Å². The van der Waals surface area contributed by atoms with Gasteiger partial charge in [0.05, 0.1) is 12.7 Å². The van der Waals surface area contributed by atoms with E-state index in [-0.39, 0.29) is 18.3 Å². The number of carbonyl (C=O) groups excluding carboxylic acids is 2. The van der Waals surface area contributed by atoms with Crippen molar-refractivity contribution in [1.82, 2.24) is 5.32 Å². The Bertz CT molecular complexity index is 608. The zero-order valence-electron chi connectivity index (χ0n) is 14.1. The van der Waals surface area contributed by atoms with E-state index in [0.29, 0.717) is 35.7 Å². The molecule has 2 bridgehead atoms. The fourth-order valence-corrected chi connectivity index (χ4v) is 3.81. The lowest BCUT2D eigenvalue weighted by molar-refractivity contribution is -0.117. The lowest BCUT2D eigenvalue weighted by Gasteiger charge is -2.28.